The molecule has 0 saturated carbocycles. The summed E-state index contributed by atoms with van der Waals surface area (Å²) in [6, 6.07) is 3.73. The van der Waals surface area contributed by atoms with Gasteiger partial charge in [0.15, 0.2) is 11.5 Å². The molecule has 1 aromatic rings. The quantitative estimate of drug-likeness (QED) is 0.886. The molecule has 6 nitrogen and oxygen atoms in total. The van der Waals surface area contributed by atoms with Crippen LogP contribution in [0.25, 0.3) is 0 Å². The Morgan fingerprint density at radius 3 is 2.26 bits per heavy atom. The van der Waals surface area contributed by atoms with E-state index in [-0.39, 0.29) is 17.7 Å². The first-order valence-electron chi connectivity index (χ1n) is 7.74. The lowest BCUT2D eigenvalue weighted by Gasteiger charge is -2.30. The summed E-state index contributed by atoms with van der Waals surface area (Å²) in [4.78, 5) is 25.5. The molecule has 0 bridgehead atoms. The lowest BCUT2D eigenvalue weighted by molar-refractivity contribution is -0.134. The number of nitrogens with two attached hydrogens (primary N) is 1. The number of carbonyl (C=O) groups is 2. The van der Waals surface area contributed by atoms with Gasteiger partial charge in [0, 0.05) is 19.0 Å². The van der Waals surface area contributed by atoms with Crippen molar-refractivity contribution in [3.05, 3.63) is 23.3 Å². The number of amides is 2. The molecule has 6 heteroatoms. The minimum absolute atomic E-state index is 0.0586. The molecule has 0 atom stereocenters. The number of rotatable bonds is 5. The number of primary amides is 1. The zero-order valence-corrected chi connectivity index (χ0v) is 13.9. The van der Waals surface area contributed by atoms with Gasteiger partial charge in [0.1, 0.15) is 0 Å². The Morgan fingerprint density at radius 1 is 1.17 bits per heavy atom. The summed E-state index contributed by atoms with van der Waals surface area (Å²) in [6.45, 7) is 3.11. The molecular formula is C17H24N2O4. The number of piperidine rings is 1. The zero-order valence-electron chi connectivity index (χ0n) is 13.9. The first-order chi connectivity index (χ1) is 11.0. The van der Waals surface area contributed by atoms with E-state index in [2.05, 4.69) is 0 Å². The summed E-state index contributed by atoms with van der Waals surface area (Å²) in [5.41, 5.74) is 7.23. The summed E-state index contributed by atoms with van der Waals surface area (Å²) in [6.07, 6.45) is 1.60. The zero-order chi connectivity index (χ0) is 17.0. The first-order valence-corrected chi connectivity index (χ1v) is 7.74. The molecule has 126 valence electrons. The van der Waals surface area contributed by atoms with Crippen LogP contribution in [0.1, 0.15) is 24.0 Å². The van der Waals surface area contributed by atoms with Crippen LogP contribution in [0.15, 0.2) is 12.1 Å². The molecule has 1 aromatic carbocycles. The van der Waals surface area contributed by atoms with Crippen molar-refractivity contribution in [3.63, 3.8) is 0 Å². The van der Waals surface area contributed by atoms with Crippen molar-refractivity contribution in [2.24, 2.45) is 11.7 Å². The molecule has 0 radical (unpaired) electrons. The van der Waals surface area contributed by atoms with Gasteiger partial charge < -0.3 is 20.1 Å². The van der Waals surface area contributed by atoms with Crippen LogP contribution in [-0.4, -0.2) is 44.0 Å². The van der Waals surface area contributed by atoms with Crippen molar-refractivity contribution in [1.82, 2.24) is 4.90 Å². The summed E-state index contributed by atoms with van der Waals surface area (Å²) in [5.74, 6) is 0.953. The molecule has 2 rings (SSSR count). The number of hydrogen-bond donors (Lipinski definition) is 1. The third-order valence-electron chi connectivity index (χ3n) is 4.43. The molecule has 1 aliphatic heterocycles. The third kappa shape index (κ3) is 3.94. The van der Waals surface area contributed by atoms with Gasteiger partial charge in [-0.25, -0.2) is 0 Å². The predicted octanol–water partition coefficient (Wildman–Crippen LogP) is 1.28. The number of carbonyl (C=O) groups excluding carboxylic acids is 2. The van der Waals surface area contributed by atoms with Gasteiger partial charge in [0.05, 0.1) is 20.6 Å². The lowest BCUT2D eigenvalue weighted by Crippen LogP contribution is -2.42. The number of benzene rings is 1. The Labute approximate surface area is 136 Å². The third-order valence-corrected chi connectivity index (χ3v) is 4.43. The average molecular weight is 320 g/mol. The second kappa shape index (κ2) is 7.35. The van der Waals surface area contributed by atoms with Crippen LogP contribution in [0.4, 0.5) is 0 Å². The van der Waals surface area contributed by atoms with E-state index >= 15 is 0 Å². The Hall–Kier alpha value is -2.24. The second-order valence-electron chi connectivity index (χ2n) is 5.87. The standard InChI is InChI=1S/C17H24N2O4/c1-11-8-14(22-2)15(23-3)9-13(11)10-16(20)19-6-4-12(5-7-19)17(18)21/h8-9,12H,4-7,10H2,1-3H3,(H2,18,21). The van der Waals surface area contributed by atoms with E-state index in [1.165, 1.54) is 0 Å². The van der Waals surface area contributed by atoms with Gasteiger partial charge >= 0.3 is 0 Å². The van der Waals surface area contributed by atoms with Gasteiger partial charge in [0.2, 0.25) is 11.8 Å². The lowest BCUT2D eigenvalue weighted by atomic mass is 9.95. The largest absolute Gasteiger partial charge is 0.493 e. The molecule has 23 heavy (non-hydrogen) atoms. The number of hydrogen-bond acceptors (Lipinski definition) is 4. The molecule has 0 spiro atoms. The molecule has 1 heterocycles. The second-order valence-corrected chi connectivity index (χ2v) is 5.87. The van der Waals surface area contributed by atoms with E-state index < -0.39 is 0 Å². The smallest absolute Gasteiger partial charge is 0.227 e. The topological polar surface area (TPSA) is 81.9 Å². The molecule has 1 saturated heterocycles. The maximum atomic E-state index is 12.5. The Balaban J connectivity index is 2.05. The normalized spacial score (nSPS) is 15.3. The van der Waals surface area contributed by atoms with Crippen molar-refractivity contribution in [3.8, 4) is 11.5 Å². The van der Waals surface area contributed by atoms with E-state index in [4.69, 9.17) is 15.2 Å². The minimum Gasteiger partial charge on any atom is -0.493 e. The van der Waals surface area contributed by atoms with E-state index in [0.717, 1.165) is 11.1 Å². The summed E-state index contributed by atoms with van der Waals surface area (Å²) in [5, 5.41) is 0. The molecule has 0 unspecified atom stereocenters. The van der Waals surface area contributed by atoms with E-state index in [1.807, 2.05) is 19.1 Å². The number of aryl methyl sites for hydroxylation is 1. The van der Waals surface area contributed by atoms with Crippen molar-refractivity contribution < 1.29 is 19.1 Å². The summed E-state index contributed by atoms with van der Waals surface area (Å²) in [7, 11) is 3.17. The van der Waals surface area contributed by atoms with Crippen LogP contribution in [-0.2, 0) is 16.0 Å². The van der Waals surface area contributed by atoms with Gasteiger partial charge in [-0.1, -0.05) is 0 Å². The molecule has 1 fully saturated rings. The van der Waals surface area contributed by atoms with Gasteiger partial charge in [-0.15, -0.1) is 0 Å². The number of ether oxygens (including phenoxy) is 2. The minimum atomic E-state index is -0.271. The fourth-order valence-electron chi connectivity index (χ4n) is 2.90. The van der Waals surface area contributed by atoms with Gasteiger partial charge in [-0.3, -0.25) is 9.59 Å². The van der Waals surface area contributed by atoms with Crippen molar-refractivity contribution >= 4 is 11.8 Å². The molecule has 2 N–H and O–H groups in total. The molecule has 0 aliphatic carbocycles. The number of likely N-dealkylation sites (tertiary alicyclic amines) is 1. The van der Waals surface area contributed by atoms with E-state index in [9.17, 15) is 9.59 Å². The fraction of sp³-hybridized carbons (Fsp3) is 0.529. The van der Waals surface area contributed by atoms with Crippen LogP contribution in [0.5, 0.6) is 11.5 Å². The average Bonchev–Trinajstić information content (AvgIpc) is 2.56. The van der Waals surface area contributed by atoms with Crippen molar-refractivity contribution in [2.75, 3.05) is 27.3 Å². The van der Waals surface area contributed by atoms with E-state index in [1.54, 1.807) is 19.1 Å². The Morgan fingerprint density at radius 2 is 1.74 bits per heavy atom. The summed E-state index contributed by atoms with van der Waals surface area (Å²) >= 11 is 0. The van der Waals surface area contributed by atoms with Crippen LogP contribution < -0.4 is 15.2 Å². The van der Waals surface area contributed by atoms with Crippen molar-refractivity contribution in [1.29, 1.82) is 0 Å². The number of methoxy groups -OCH3 is 2. The highest BCUT2D eigenvalue weighted by Crippen LogP contribution is 2.30. The van der Waals surface area contributed by atoms with Crippen LogP contribution in [0.3, 0.4) is 0 Å². The van der Waals surface area contributed by atoms with Gasteiger partial charge in [-0.05, 0) is 43.0 Å². The molecule has 2 amide bonds. The Kier molecular flexibility index (Phi) is 5.47. The van der Waals surface area contributed by atoms with E-state index in [0.29, 0.717) is 43.9 Å². The highest BCUT2D eigenvalue weighted by atomic mass is 16.5. The van der Waals surface area contributed by atoms with Crippen molar-refractivity contribution in [2.45, 2.75) is 26.2 Å². The molecular weight excluding hydrogens is 296 g/mol. The highest BCUT2D eigenvalue weighted by molar-refractivity contribution is 5.80. The number of nitrogens with zero attached hydrogens (tertiary/aromatic N) is 1. The molecule has 0 aromatic heterocycles. The Bertz CT molecular complexity index is 593. The SMILES string of the molecule is COc1cc(C)c(CC(=O)N2CCC(C(N)=O)CC2)cc1OC. The monoisotopic (exact) mass is 320 g/mol. The predicted molar refractivity (Wildman–Crippen MR) is 86.5 cm³/mol. The maximum absolute atomic E-state index is 12.5. The highest BCUT2D eigenvalue weighted by Gasteiger charge is 2.26. The van der Waals surface area contributed by atoms with Gasteiger partial charge in [-0.2, -0.15) is 0 Å². The van der Waals surface area contributed by atoms with Crippen LogP contribution in [0, 0.1) is 12.8 Å². The first kappa shape index (κ1) is 17.1. The fourth-order valence-corrected chi connectivity index (χ4v) is 2.90. The van der Waals surface area contributed by atoms with Gasteiger partial charge in [0.25, 0.3) is 0 Å². The summed E-state index contributed by atoms with van der Waals surface area (Å²) < 4.78 is 10.6. The van der Waals surface area contributed by atoms with Crippen LogP contribution >= 0.6 is 0 Å². The molecule has 1 aliphatic rings. The maximum Gasteiger partial charge on any atom is 0.227 e. The van der Waals surface area contributed by atoms with Crippen LogP contribution in [0.2, 0.25) is 0 Å².